The molecule has 1 N–H and O–H groups in total. The van der Waals surface area contributed by atoms with Crippen LogP contribution in [0.25, 0.3) is 10.9 Å². The van der Waals surface area contributed by atoms with Crippen molar-refractivity contribution in [2.75, 3.05) is 13.1 Å². The Morgan fingerprint density at radius 1 is 1.29 bits per heavy atom. The van der Waals surface area contributed by atoms with Crippen molar-refractivity contribution >= 4 is 22.7 Å². The fourth-order valence-corrected chi connectivity index (χ4v) is 2.68. The number of hydrogen-bond acceptors (Lipinski definition) is 3. The van der Waals surface area contributed by atoms with Crippen LogP contribution < -0.4 is 5.32 Å². The number of nitrogens with zero attached hydrogens (tertiary/aromatic N) is 2. The molecule has 3 rings (SSSR count). The van der Waals surface area contributed by atoms with Gasteiger partial charge < -0.3 is 10.2 Å². The molecule has 0 spiro atoms. The highest BCUT2D eigenvalue weighted by atomic mass is 16.2. The minimum Gasteiger partial charge on any atom is -0.352 e. The van der Waals surface area contributed by atoms with Crippen LogP contribution in [-0.4, -0.2) is 40.3 Å². The number of aromatic nitrogens is 1. The molecule has 0 bridgehead atoms. The van der Waals surface area contributed by atoms with E-state index in [2.05, 4.69) is 10.3 Å². The van der Waals surface area contributed by atoms with Crippen molar-refractivity contribution in [2.45, 2.75) is 19.4 Å². The molecule has 2 heterocycles. The number of hydrogen-bond donors (Lipinski definition) is 1. The summed E-state index contributed by atoms with van der Waals surface area (Å²) in [6.45, 7) is 4.52. The molecule has 21 heavy (non-hydrogen) atoms. The van der Waals surface area contributed by atoms with Gasteiger partial charge in [-0.05, 0) is 26.0 Å². The standard InChI is InChI=1S/C16H17N3O2/c1-16(2)15(21)18-9-10-19(16)14(20)12-7-8-17-13-6-4-3-5-11(12)13/h3-8H,9-10H2,1-2H3,(H,18,21). The Morgan fingerprint density at radius 3 is 2.86 bits per heavy atom. The fourth-order valence-electron chi connectivity index (χ4n) is 2.68. The van der Waals surface area contributed by atoms with Gasteiger partial charge in [0.1, 0.15) is 5.54 Å². The normalized spacial score (nSPS) is 17.6. The van der Waals surface area contributed by atoms with E-state index in [9.17, 15) is 9.59 Å². The minimum absolute atomic E-state index is 0.125. The van der Waals surface area contributed by atoms with Gasteiger partial charge in [0.05, 0.1) is 11.1 Å². The molecule has 2 aromatic rings. The third-order valence-corrected chi connectivity index (χ3v) is 3.98. The molecule has 1 aliphatic heterocycles. The van der Waals surface area contributed by atoms with Crippen LogP contribution in [0, 0.1) is 0 Å². The van der Waals surface area contributed by atoms with Gasteiger partial charge in [0.2, 0.25) is 5.91 Å². The molecule has 0 aliphatic carbocycles. The second-order valence-electron chi connectivity index (χ2n) is 5.65. The monoisotopic (exact) mass is 283 g/mol. The summed E-state index contributed by atoms with van der Waals surface area (Å²) >= 11 is 0. The van der Waals surface area contributed by atoms with E-state index < -0.39 is 5.54 Å². The van der Waals surface area contributed by atoms with Crippen LogP contribution in [0.5, 0.6) is 0 Å². The van der Waals surface area contributed by atoms with E-state index in [4.69, 9.17) is 0 Å². The van der Waals surface area contributed by atoms with E-state index in [1.165, 1.54) is 0 Å². The predicted octanol–water partition coefficient (Wildman–Crippen LogP) is 1.59. The van der Waals surface area contributed by atoms with Gasteiger partial charge in [0.15, 0.2) is 0 Å². The van der Waals surface area contributed by atoms with Crippen LogP contribution in [0.2, 0.25) is 0 Å². The summed E-state index contributed by atoms with van der Waals surface area (Å²) in [5.74, 6) is -0.256. The van der Waals surface area contributed by atoms with E-state index in [1.807, 2.05) is 24.3 Å². The van der Waals surface area contributed by atoms with Gasteiger partial charge in [-0.1, -0.05) is 18.2 Å². The number of carbonyl (C=O) groups is 2. The van der Waals surface area contributed by atoms with Gasteiger partial charge >= 0.3 is 0 Å². The van der Waals surface area contributed by atoms with E-state index >= 15 is 0 Å². The Kier molecular flexibility index (Phi) is 3.12. The van der Waals surface area contributed by atoms with Gasteiger partial charge in [-0.25, -0.2) is 0 Å². The zero-order valence-corrected chi connectivity index (χ0v) is 12.1. The molecule has 108 valence electrons. The van der Waals surface area contributed by atoms with Crippen LogP contribution in [0.4, 0.5) is 0 Å². The van der Waals surface area contributed by atoms with Crippen LogP contribution in [-0.2, 0) is 4.79 Å². The Labute approximate surface area is 123 Å². The zero-order chi connectivity index (χ0) is 15.0. The molecule has 1 aliphatic rings. The largest absolute Gasteiger partial charge is 0.352 e. The number of amides is 2. The molecule has 5 nitrogen and oxygen atoms in total. The molecule has 5 heteroatoms. The summed E-state index contributed by atoms with van der Waals surface area (Å²) in [5, 5.41) is 3.61. The quantitative estimate of drug-likeness (QED) is 0.864. The first-order chi connectivity index (χ1) is 10.0. The average molecular weight is 283 g/mol. The van der Waals surface area contributed by atoms with Crippen molar-refractivity contribution in [3.8, 4) is 0 Å². The molecule has 0 saturated carbocycles. The number of benzene rings is 1. The van der Waals surface area contributed by atoms with Crippen LogP contribution in [0.15, 0.2) is 36.5 Å². The lowest BCUT2D eigenvalue weighted by molar-refractivity contribution is -0.133. The van der Waals surface area contributed by atoms with Crippen LogP contribution in [0.1, 0.15) is 24.2 Å². The lowest BCUT2D eigenvalue weighted by atomic mass is 9.97. The molecule has 0 radical (unpaired) electrons. The van der Waals surface area contributed by atoms with Gasteiger partial charge in [-0.3, -0.25) is 14.6 Å². The van der Waals surface area contributed by atoms with Crippen LogP contribution >= 0.6 is 0 Å². The van der Waals surface area contributed by atoms with Gasteiger partial charge in [-0.15, -0.1) is 0 Å². The minimum atomic E-state index is -0.848. The van der Waals surface area contributed by atoms with E-state index in [-0.39, 0.29) is 11.8 Å². The maximum Gasteiger partial charge on any atom is 0.255 e. The number of rotatable bonds is 1. The number of fused-ring (bicyclic) bond motifs is 1. The second-order valence-corrected chi connectivity index (χ2v) is 5.65. The average Bonchev–Trinajstić information content (AvgIpc) is 2.49. The second kappa shape index (κ2) is 4.84. The SMILES string of the molecule is CC1(C)C(=O)NCCN1C(=O)c1ccnc2ccccc12. The van der Waals surface area contributed by atoms with Crippen molar-refractivity contribution in [3.05, 3.63) is 42.1 Å². The first kappa shape index (κ1) is 13.5. The summed E-state index contributed by atoms with van der Waals surface area (Å²) in [4.78, 5) is 30.8. The summed E-state index contributed by atoms with van der Waals surface area (Å²) in [5.41, 5.74) is 0.519. The molecule has 1 aromatic carbocycles. The number of pyridine rings is 1. The summed E-state index contributed by atoms with van der Waals surface area (Å²) in [7, 11) is 0. The number of piperazine rings is 1. The molecular formula is C16H17N3O2. The summed E-state index contributed by atoms with van der Waals surface area (Å²) in [6, 6.07) is 9.25. The maximum atomic E-state index is 12.9. The highest BCUT2D eigenvalue weighted by molar-refractivity contribution is 6.08. The first-order valence-electron chi connectivity index (χ1n) is 6.96. The molecule has 0 unspecified atom stereocenters. The van der Waals surface area contributed by atoms with E-state index in [0.717, 1.165) is 10.9 Å². The zero-order valence-electron chi connectivity index (χ0n) is 12.1. The summed E-state index contributed by atoms with van der Waals surface area (Å²) < 4.78 is 0. The van der Waals surface area contributed by atoms with Gasteiger partial charge in [0, 0.05) is 24.7 Å². The highest BCUT2D eigenvalue weighted by Gasteiger charge is 2.40. The first-order valence-corrected chi connectivity index (χ1v) is 6.96. The highest BCUT2D eigenvalue weighted by Crippen LogP contribution is 2.24. The van der Waals surface area contributed by atoms with Crippen LogP contribution in [0.3, 0.4) is 0 Å². The smallest absolute Gasteiger partial charge is 0.255 e. The number of nitrogens with one attached hydrogen (secondary N) is 1. The third kappa shape index (κ3) is 2.14. The molecule has 0 atom stereocenters. The van der Waals surface area contributed by atoms with Gasteiger partial charge in [-0.2, -0.15) is 0 Å². The third-order valence-electron chi connectivity index (χ3n) is 3.98. The lowest BCUT2D eigenvalue weighted by Gasteiger charge is -2.41. The van der Waals surface area contributed by atoms with Crippen molar-refractivity contribution < 1.29 is 9.59 Å². The maximum absolute atomic E-state index is 12.9. The molecule has 1 saturated heterocycles. The van der Waals surface area contributed by atoms with Crippen molar-refractivity contribution in [3.63, 3.8) is 0 Å². The Hall–Kier alpha value is -2.43. The summed E-state index contributed by atoms with van der Waals surface area (Å²) in [6.07, 6.45) is 1.63. The Bertz CT molecular complexity index is 719. The van der Waals surface area contributed by atoms with Crippen molar-refractivity contribution in [1.82, 2.24) is 15.2 Å². The number of para-hydroxylation sites is 1. The fraction of sp³-hybridized carbons (Fsp3) is 0.312. The van der Waals surface area contributed by atoms with E-state index in [1.54, 1.807) is 31.0 Å². The molecular weight excluding hydrogens is 266 g/mol. The molecule has 1 aromatic heterocycles. The van der Waals surface area contributed by atoms with Crippen molar-refractivity contribution in [2.24, 2.45) is 0 Å². The van der Waals surface area contributed by atoms with Crippen molar-refractivity contribution in [1.29, 1.82) is 0 Å². The van der Waals surface area contributed by atoms with Gasteiger partial charge in [0.25, 0.3) is 5.91 Å². The Balaban J connectivity index is 2.06. The topological polar surface area (TPSA) is 62.3 Å². The number of carbonyl (C=O) groups excluding carboxylic acids is 2. The van der Waals surface area contributed by atoms with E-state index in [0.29, 0.717) is 18.7 Å². The Morgan fingerprint density at radius 2 is 2.05 bits per heavy atom. The predicted molar refractivity (Wildman–Crippen MR) is 79.9 cm³/mol. The molecule has 1 fully saturated rings. The lowest BCUT2D eigenvalue weighted by Crippen LogP contribution is -2.63. The molecule has 2 amide bonds.